The first-order chi connectivity index (χ1) is 17.8. The van der Waals surface area contributed by atoms with Gasteiger partial charge in [0.25, 0.3) is 0 Å². The molecule has 6 heteroatoms. The number of aryl methyl sites for hydroxylation is 1. The van der Waals surface area contributed by atoms with Gasteiger partial charge in [-0.05, 0) is 48.7 Å². The van der Waals surface area contributed by atoms with E-state index in [2.05, 4.69) is 21.7 Å². The van der Waals surface area contributed by atoms with Crippen LogP contribution in [0, 0.1) is 18.6 Å². The molecule has 6 rings (SSSR count). The van der Waals surface area contributed by atoms with E-state index in [0.29, 0.717) is 23.3 Å². The molecule has 2 atom stereocenters. The summed E-state index contributed by atoms with van der Waals surface area (Å²) in [4.78, 5) is 3.17. The number of rotatable bonds is 4. The van der Waals surface area contributed by atoms with Crippen molar-refractivity contribution in [2.75, 3.05) is 5.32 Å². The lowest BCUT2D eigenvalue weighted by Gasteiger charge is -2.44. The largest absolute Gasteiger partial charge is 0.389 e. The highest BCUT2D eigenvalue weighted by atomic mass is 19.1. The van der Waals surface area contributed by atoms with Crippen molar-refractivity contribution in [1.82, 2.24) is 10.3 Å². The number of aromatic nitrogens is 1. The number of fused-ring (bicyclic) bond motifs is 3. The normalized spacial score (nSPS) is 18.6. The monoisotopic (exact) mass is 497 g/mol. The highest BCUT2D eigenvalue weighted by Crippen LogP contribution is 2.44. The molecular weight excluding hydrogens is 468 g/mol. The minimum Gasteiger partial charge on any atom is -0.389 e. The standard InChI is InChI=1S/C31H29F2N3O/c1-17-15-34-28-20(17)12-7-13-22(28)25-23(32)14-24-26(27(25)33)29(30(37)31(2,3)36-24)35-16-19-10-6-9-18-8-4-5-11-21(18)19/h4-15,29-30,34-37H,16H2,1-3H3/t29-,30+/m0/s1. The maximum absolute atomic E-state index is 16.4. The number of H-pyrrole nitrogens is 1. The van der Waals surface area contributed by atoms with Gasteiger partial charge in [0.1, 0.15) is 11.6 Å². The average Bonchev–Trinajstić information content (AvgIpc) is 3.26. The van der Waals surface area contributed by atoms with Crippen molar-refractivity contribution < 1.29 is 13.9 Å². The van der Waals surface area contributed by atoms with Crippen molar-refractivity contribution in [2.24, 2.45) is 0 Å². The van der Waals surface area contributed by atoms with Crippen LogP contribution in [0.15, 0.2) is 72.9 Å². The first-order valence-electron chi connectivity index (χ1n) is 12.5. The number of hydrogen-bond acceptors (Lipinski definition) is 3. The minimum absolute atomic E-state index is 0.100. The van der Waals surface area contributed by atoms with Crippen LogP contribution in [0.5, 0.6) is 0 Å². The van der Waals surface area contributed by atoms with Crippen molar-refractivity contribution in [3.05, 3.63) is 101 Å². The molecule has 2 heterocycles. The Labute approximate surface area is 214 Å². The number of nitrogens with one attached hydrogen (secondary N) is 3. The zero-order valence-corrected chi connectivity index (χ0v) is 21.0. The Kier molecular flexibility index (Phi) is 5.55. The average molecular weight is 498 g/mol. The van der Waals surface area contributed by atoms with Crippen molar-refractivity contribution in [1.29, 1.82) is 0 Å². The number of aliphatic hydroxyl groups excluding tert-OH is 1. The molecule has 1 aliphatic heterocycles. The topological polar surface area (TPSA) is 60.1 Å². The van der Waals surface area contributed by atoms with Crippen LogP contribution in [-0.4, -0.2) is 21.7 Å². The van der Waals surface area contributed by atoms with Gasteiger partial charge in [0.05, 0.1) is 28.8 Å². The highest BCUT2D eigenvalue weighted by molar-refractivity contribution is 5.96. The Balaban J connectivity index is 1.48. The van der Waals surface area contributed by atoms with E-state index in [1.54, 1.807) is 6.07 Å². The van der Waals surface area contributed by atoms with Crippen LogP contribution < -0.4 is 10.6 Å². The number of aliphatic hydroxyl groups is 1. The molecule has 0 saturated carbocycles. The Morgan fingerprint density at radius 2 is 1.70 bits per heavy atom. The molecule has 0 unspecified atom stereocenters. The maximum Gasteiger partial charge on any atom is 0.140 e. The van der Waals surface area contributed by atoms with E-state index in [-0.39, 0.29) is 11.1 Å². The predicted octanol–water partition coefficient (Wildman–Crippen LogP) is 6.97. The van der Waals surface area contributed by atoms with Crippen molar-refractivity contribution in [3.63, 3.8) is 0 Å². The van der Waals surface area contributed by atoms with Crippen LogP contribution in [0.1, 0.15) is 36.6 Å². The van der Waals surface area contributed by atoms with Crippen LogP contribution in [0.3, 0.4) is 0 Å². The van der Waals surface area contributed by atoms with E-state index in [1.807, 2.05) is 75.5 Å². The Bertz CT molecular complexity index is 1650. The molecule has 1 aromatic heterocycles. The Morgan fingerprint density at radius 1 is 0.973 bits per heavy atom. The number of anilines is 1. The fraction of sp³-hybridized carbons (Fsp3) is 0.226. The van der Waals surface area contributed by atoms with Gasteiger partial charge in [-0.2, -0.15) is 0 Å². The van der Waals surface area contributed by atoms with Crippen LogP contribution >= 0.6 is 0 Å². The lowest BCUT2D eigenvalue weighted by Crippen LogP contribution is -2.54. The lowest BCUT2D eigenvalue weighted by atomic mass is 9.80. The molecule has 4 N–H and O–H groups in total. The Hall–Kier alpha value is -3.74. The van der Waals surface area contributed by atoms with Gasteiger partial charge in [-0.25, -0.2) is 8.78 Å². The van der Waals surface area contributed by atoms with E-state index in [4.69, 9.17) is 0 Å². The van der Waals surface area contributed by atoms with Gasteiger partial charge >= 0.3 is 0 Å². The van der Waals surface area contributed by atoms with E-state index >= 15 is 8.78 Å². The molecule has 0 fully saturated rings. The fourth-order valence-corrected chi connectivity index (χ4v) is 5.67. The maximum atomic E-state index is 16.4. The number of para-hydroxylation sites is 1. The van der Waals surface area contributed by atoms with Crippen molar-refractivity contribution in [3.8, 4) is 11.1 Å². The third-order valence-corrected chi connectivity index (χ3v) is 7.66. The summed E-state index contributed by atoms with van der Waals surface area (Å²) in [7, 11) is 0. The summed E-state index contributed by atoms with van der Waals surface area (Å²) < 4.78 is 32.0. The second kappa shape index (κ2) is 8.68. The zero-order valence-electron chi connectivity index (χ0n) is 21.0. The number of aromatic amines is 1. The summed E-state index contributed by atoms with van der Waals surface area (Å²) in [6.07, 6.45) is 0.872. The van der Waals surface area contributed by atoms with Gasteiger partial charge in [-0.3, -0.25) is 0 Å². The van der Waals surface area contributed by atoms with Crippen LogP contribution in [-0.2, 0) is 6.54 Å². The molecule has 0 aliphatic carbocycles. The summed E-state index contributed by atoms with van der Waals surface area (Å²) in [5, 5.41) is 21.1. The molecule has 0 spiro atoms. The minimum atomic E-state index is -0.966. The molecule has 188 valence electrons. The number of halogens is 2. The number of benzene rings is 4. The van der Waals surface area contributed by atoms with E-state index in [0.717, 1.165) is 27.3 Å². The van der Waals surface area contributed by atoms with Crippen LogP contribution in [0.25, 0.3) is 32.8 Å². The molecule has 1 aliphatic rings. The summed E-state index contributed by atoms with van der Waals surface area (Å²) >= 11 is 0. The van der Waals surface area contributed by atoms with E-state index in [9.17, 15) is 5.11 Å². The first kappa shape index (κ1) is 23.6. The molecular formula is C31H29F2N3O. The Morgan fingerprint density at radius 3 is 2.54 bits per heavy atom. The molecule has 0 saturated heterocycles. The lowest BCUT2D eigenvalue weighted by molar-refractivity contribution is 0.0663. The predicted molar refractivity (Wildman–Crippen MR) is 146 cm³/mol. The van der Waals surface area contributed by atoms with Crippen molar-refractivity contribution in [2.45, 2.75) is 45.0 Å². The fourth-order valence-electron chi connectivity index (χ4n) is 5.67. The van der Waals surface area contributed by atoms with Gasteiger partial charge in [-0.1, -0.05) is 60.7 Å². The number of hydrogen-bond donors (Lipinski definition) is 4. The first-order valence-corrected chi connectivity index (χ1v) is 12.5. The molecule has 0 amide bonds. The second-order valence-electron chi connectivity index (χ2n) is 10.5. The van der Waals surface area contributed by atoms with E-state index in [1.165, 1.54) is 6.07 Å². The SMILES string of the molecule is Cc1c[nH]c2c(-c3c(F)cc4c(c3F)[C@H](NCc3cccc5ccccc35)[C@@H](O)C(C)(C)N4)cccc12. The molecule has 0 radical (unpaired) electrons. The third-order valence-electron chi connectivity index (χ3n) is 7.66. The molecule has 4 nitrogen and oxygen atoms in total. The zero-order chi connectivity index (χ0) is 25.9. The van der Waals surface area contributed by atoms with Crippen LogP contribution in [0.2, 0.25) is 0 Å². The smallest absolute Gasteiger partial charge is 0.140 e. The quantitative estimate of drug-likeness (QED) is 0.217. The van der Waals surface area contributed by atoms with E-state index < -0.39 is 29.3 Å². The van der Waals surface area contributed by atoms with Gasteiger partial charge in [0, 0.05) is 34.9 Å². The molecule has 5 aromatic rings. The summed E-state index contributed by atoms with van der Waals surface area (Å²) in [5.41, 5.74) is 2.86. The molecule has 37 heavy (non-hydrogen) atoms. The third kappa shape index (κ3) is 3.79. The molecule has 4 aromatic carbocycles. The van der Waals surface area contributed by atoms with Crippen molar-refractivity contribution >= 4 is 27.4 Å². The molecule has 0 bridgehead atoms. The van der Waals surface area contributed by atoms with Gasteiger partial charge in [0.15, 0.2) is 0 Å². The summed E-state index contributed by atoms with van der Waals surface area (Å²) in [5.74, 6) is -1.32. The van der Waals surface area contributed by atoms with Gasteiger partial charge in [0.2, 0.25) is 0 Å². The second-order valence-corrected chi connectivity index (χ2v) is 10.5. The highest BCUT2D eigenvalue weighted by Gasteiger charge is 2.43. The van der Waals surface area contributed by atoms with Gasteiger partial charge < -0.3 is 20.7 Å². The summed E-state index contributed by atoms with van der Waals surface area (Å²) in [6, 6.07) is 20.2. The van der Waals surface area contributed by atoms with Crippen LogP contribution in [0.4, 0.5) is 14.5 Å². The van der Waals surface area contributed by atoms with Gasteiger partial charge in [-0.15, -0.1) is 0 Å². The summed E-state index contributed by atoms with van der Waals surface area (Å²) in [6.45, 7) is 6.03.